The molecule has 2 N–H and O–H groups in total. The van der Waals surface area contributed by atoms with E-state index >= 15 is 0 Å². The van der Waals surface area contributed by atoms with Crippen LogP contribution in [0.15, 0.2) is 29.3 Å². The van der Waals surface area contributed by atoms with Crippen molar-refractivity contribution in [3.63, 3.8) is 0 Å². The van der Waals surface area contributed by atoms with Crippen LogP contribution in [-0.4, -0.2) is 12.4 Å². The summed E-state index contributed by atoms with van der Waals surface area (Å²) in [5.41, 5.74) is 7.70. The molecule has 4 heteroatoms. The Kier molecular flexibility index (Phi) is 2.84. The zero-order valence-corrected chi connectivity index (χ0v) is 8.33. The standard InChI is InChI=1S/C11H12N4/c12-8-9-3-5-10(6-4-9)14-15-11-2-1-7-13-11/h3-6,14H,1-2,7H2,(H,13,15). The molecule has 1 aliphatic rings. The fourth-order valence-electron chi connectivity index (χ4n) is 1.41. The molecule has 0 aromatic heterocycles. The Bertz CT molecular complexity index is 400. The molecule has 0 spiro atoms. The zero-order valence-electron chi connectivity index (χ0n) is 8.33. The van der Waals surface area contributed by atoms with E-state index in [2.05, 4.69) is 21.9 Å². The molecule has 0 unspecified atom stereocenters. The number of hydrazine groups is 1. The molecule has 0 amide bonds. The molecule has 15 heavy (non-hydrogen) atoms. The minimum atomic E-state index is 0.666. The monoisotopic (exact) mass is 200 g/mol. The van der Waals surface area contributed by atoms with E-state index < -0.39 is 0 Å². The molecule has 0 saturated heterocycles. The Morgan fingerprint density at radius 3 is 2.60 bits per heavy atom. The topological polar surface area (TPSA) is 60.2 Å². The lowest BCUT2D eigenvalue weighted by Crippen LogP contribution is -2.27. The van der Waals surface area contributed by atoms with Gasteiger partial charge in [0.15, 0.2) is 0 Å². The van der Waals surface area contributed by atoms with Crippen LogP contribution in [0.1, 0.15) is 18.4 Å². The van der Waals surface area contributed by atoms with Crippen LogP contribution in [0, 0.1) is 11.3 Å². The van der Waals surface area contributed by atoms with Crippen molar-refractivity contribution in [2.75, 3.05) is 12.0 Å². The van der Waals surface area contributed by atoms with Crippen molar-refractivity contribution in [2.45, 2.75) is 12.8 Å². The lowest BCUT2D eigenvalue weighted by molar-refractivity contribution is 0.944. The van der Waals surface area contributed by atoms with E-state index in [1.54, 1.807) is 12.1 Å². The maximum Gasteiger partial charge on any atom is 0.115 e. The van der Waals surface area contributed by atoms with Gasteiger partial charge in [0.25, 0.3) is 0 Å². The molecule has 0 saturated carbocycles. The molecule has 1 aliphatic heterocycles. The molecule has 2 rings (SSSR count). The summed E-state index contributed by atoms with van der Waals surface area (Å²) in [6.45, 7) is 0.914. The number of hydrogen-bond acceptors (Lipinski definition) is 4. The summed E-state index contributed by atoms with van der Waals surface area (Å²) in [4.78, 5) is 4.28. The maximum atomic E-state index is 8.63. The number of nitrogens with one attached hydrogen (secondary N) is 2. The van der Waals surface area contributed by atoms with Crippen molar-refractivity contribution < 1.29 is 0 Å². The number of nitrogens with zero attached hydrogens (tertiary/aromatic N) is 2. The summed E-state index contributed by atoms with van der Waals surface area (Å²) >= 11 is 0. The zero-order chi connectivity index (χ0) is 10.5. The molecule has 0 atom stereocenters. The van der Waals surface area contributed by atoms with Crippen LogP contribution < -0.4 is 10.9 Å². The van der Waals surface area contributed by atoms with Crippen molar-refractivity contribution in [2.24, 2.45) is 4.99 Å². The summed E-state index contributed by atoms with van der Waals surface area (Å²) in [6, 6.07) is 9.36. The SMILES string of the molecule is N#Cc1ccc(NNC2=NCCC2)cc1. The maximum absolute atomic E-state index is 8.63. The predicted molar refractivity (Wildman–Crippen MR) is 59.5 cm³/mol. The number of benzene rings is 1. The highest BCUT2D eigenvalue weighted by Gasteiger charge is 2.04. The van der Waals surface area contributed by atoms with Crippen LogP contribution in [-0.2, 0) is 0 Å². The first-order valence-corrected chi connectivity index (χ1v) is 4.94. The largest absolute Gasteiger partial charge is 0.300 e. The molecule has 4 nitrogen and oxygen atoms in total. The van der Waals surface area contributed by atoms with E-state index in [1.807, 2.05) is 12.1 Å². The van der Waals surface area contributed by atoms with Gasteiger partial charge >= 0.3 is 0 Å². The van der Waals surface area contributed by atoms with Gasteiger partial charge in [0.05, 0.1) is 17.3 Å². The van der Waals surface area contributed by atoms with Gasteiger partial charge in [-0.05, 0) is 30.7 Å². The molecular formula is C11H12N4. The Labute approximate surface area is 88.6 Å². The van der Waals surface area contributed by atoms with Crippen molar-refractivity contribution in [1.29, 1.82) is 5.26 Å². The van der Waals surface area contributed by atoms with Gasteiger partial charge < -0.3 is 0 Å². The van der Waals surface area contributed by atoms with Gasteiger partial charge in [-0.2, -0.15) is 5.26 Å². The van der Waals surface area contributed by atoms with Gasteiger partial charge in [-0.15, -0.1) is 0 Å². The lowest BCUT2D eigenvalue weighted by atomic mass is 10.2. The number of aliphatic imine (C=N–C) groups is 1. The van der Waals surface area contributed by atoms with Gasteiger partial charge in [0.2, 0.25) is 0 Å². The molecule has 0 bridgehead atoms. The van der Waals surface area contributed by atoms with Crippen LogP contribution in [0.2, 0.25) is 0 Å². The van der Waals surface area contributed by atoms with Gasteiger partial charge in [0.1, 0.15) is 5.84 Å². The summed E-state index contributed by atoms with van der Waals surface area (Å²) in [5, 5.41) is 8.63. The molecule has 1 heterocycles. The molecule has 0 aliphatic carbocycles. The quantitative estimate of drug-likeness (QED) is 0.714. The van der Waals surface area contributed by atoms with Crippen molar-refractivity contribution >= 4 is 11.5 Å². The Morgan fingerprint density at radius 2 is 2.00 bits per heavy atom. The predicted octanol–water partition coefficient (Wildman–Crippen LogP) is 1.67. The van der Waals surface area contributed by atoms with Crippen molar-refractivity contribution in [1.82, 2.24) is 5.43 Å². The van der Waals surface area contributed by atoms with E-state index in [-0.39, 0.29) is 0 Å². The smallest absolute Gasteiger partial charge is 0.115 e. The number of anilines is 1. The van der Waals surface area contributed by atoms with Gasteiger partial charge in [-0.3, -0.25) is 15.8 Å². The normalized spacial score (nSPS) is 14.2. The number of amidine groups is 1. The van der Waals surface area contributed by atoms with Crippen LogP contribution in [0.25, 0.3) is 0 Å². The van der Waals surface area contributed by atoms with Crippen molar-refractivity contribution in [3.05, 3.63) is 29.8 Å². The summed E-state index contributed by atoms with van der Waals surface area (Å²) in [5.74, 6) is 0.999. The van der Waals surface area contributed by atoms with Crippen LogP contribution in [0.4, 0.5) is 5.69 Å². The number of hydrogen-bond donors (Lipinski definition) is 2. The first-order chi connectivity index (χ1) is 7.38. The second-order valence-corrected chi connectivity index (χ2v) is 3.37. The van der Waals surface area contributed by atoms with Gasteiger partial charge in [-0.25, -0.2) is 0 Å². The molecule has 1 aromatic carbocycles. The first kappa shape index (κ1) is 9.53. The Hall–Kier alpha value is -2.02. The third-order valence-electron chi connectivity index (χ3n) is 2.24. The Balaban J connectivity index is 1.91. The third kappa shape index (κ3) is 2.47. The van der Waals surface area contributed by atoms with Crippen LogP contribution in [0.5, 0.6) is 0 Å². The van der Waals surface area contributed by atoms with E-state index in [0.29, 0.717) is 5.56 Å². The minimum absolute atomic E-state index is 0.666. The average molecular weight is 200 g/mol. The average Bonchev–Trinajstić information content (AvgIpc) is 2.80. The highest BCUT2D eigenvalue weighted by molar-refractivity contribution is 5.84. The lowest BCUT2D eigenvalue weighted by Gasteiger charge is -2.08. The van der Waals surface area contributed by atoms with Crippen molar-refractivity contribution in [3.8, 4) is 6.07 Å². The van der Waals surface area contributed by atoms with Gasteiger partial charge in [0, 0.05) is 13.0 Å². The van der Waals surface area contributed by atoms with E-state index in [4.69, 9.17) is 5.26 Å². The molecule has 0 radical (unpaired) electrons. The second-order valence-electron chi connectivity index (χ2n) is 3.37. The molecular weight excluding hydrogens is 188 g/mol. The first-order valence-electron chi connectivity index (χ1n) is 4.94. The summed E-state index contributed by atoms with van der Waals surface area (Å²) < 4.78 is 0. The van der Waals surface area contributed by atoms with E-state index in [0.717, 1.165) is 30.9 Å². The number of rotatable bonds is 2. The fourth-order valence-corrected chi connectivity index (χ4v) is 1.41. The summed E-state index contributed by atoms with van der Waals surface area (Å²) in [7, 11) is 0. The highest BCUT2D eigenvalue weighted by Crippen LogP contribution is 2.08. The Morgan fingerprint density at radius 1 is 1.20 bits per heavy atom. The molecule has 76 valence electrons. The summed E-state index contributed by atoms with van der Waals surface area (Å²) in [6.07, 6.45) is 2.13. The van der Waals surface area contributed by atoms with Gasteiger partial charge in [-0.1, -0.05) is 0 Å². The van der Waals surface area contributed by atoms with Crippen LogP contribution >= 0.6 is 0 Å². The molecule has 1 aromatic rings. The molecule has 0 fully saturated rings. The minimum Gasteiger partial charge on any atom is -0.300 e. The number of nitriles is 1. The fraction of sp³-hybridized carbons (Fsp3) is 0.273. The van der Waals surface area contributed by atoms with E-state index in [9.17, 15) is 0 Å². The second kappa shape index (κ2) is 4.47. The van der Waals surface area contributed by atoms with Crippen LogP contribution in [0.3, 0.4) is 0 Å². The van der Waals surface area contributed by atoms with E-state index in [1.165, 1.54) is 0 Å². The third-order valence-corrected chi connectivity index (χ3v) is 2.24. The highest BCUT2D eigenvalue weighted by atomic mass is 15.4.